The number of benzene rings is 4. The van der Waals surface area contributed by atoms with Gasteiger partial charge in [0.15, 0.2) is 0 Å². The highest BCUT2D eigenvalue weighted by atomic mass is 16.5. The zero-order valence-electron chi connectivity index (χ0n) is 17.9. The number of nitrogens with zero attached hydrogens (tertiary/aromatic N) is 2. The molecular weight excluding hydrogens is 400 g/mol. The molecule has 0 saturated carbocycles. The molecule has 2 aliphatic rings. The summed E-state index contributed by atoms with van der Waals surface area (Å²) in [5, 5.41) is 29.0. The fourth-order valence-electron chi connectivity index (χ4n) is 4.94. The number of phenols is 2. The third-order valence-corrected chi connectivity index (χ3v) is 6.41. The Kier molecular flexibility index (Phi) is 3.75. The highest BCUT2D eigenvalue weighted by molar-refractivity contribution is 5.65. The van der Waals surface area contributed by atoms with Gasteiger partial charge in [-0.1, -0.05) is 36.4 Å². The number of aryl methyl sites for hydroxylation is 1. The van der Waals surface area contributed by atoms with Crippen LogP contribution in [0.25, 0.3) is 0 Å². The second kappa shape index (κ2) is 6.44. The highest BCUT2D eigenvalue weighted by Crippen LogP contribution is 2.41. The van der Waals surface area contributed by atoms with E-state index < -0.39 is 0 Å². The van der Waals surface area contributed by atoms with Crippen LogP contribution in [0.5, 0.6) is 17.2 Å². The van der Waals surface area contributed by atoms with Crippen molar-refractivity contribution in [3.05, 3.63) is 108 Å². The molecular formula is C27H20N2O3. The van der Waals surface area contributed by atoms with Gasteiger partial charge in [-0.05, 0) is 42.8 Å². The molecule has 0 fully saturated rings. The number of rotatable bonds is 1. The molecule has 0 unspecified atom stereocenters. The molecule has 2 aliphatic heterocycles. The molecule has 5 heteroatoms. The molecule has 6 rings (SSSR count). The molecule has 5 nitrogen and oxygen atoms in total. The van der Waals surface area contributed by atoms with Crippen molar-refractivity contribution < 1.29 is 14.9 Å². The molecule has 156 valence electrons. The topological polar surface area (TPSA) is 74.4 Å². The average molecular weight is 420 g/mol. The largest absolute Gasteiger partial charge is 0.507 e. The summed E-state index contributed by atoms with van der Waals surface area (Å²) in [7, 11) is 1.63. The van der Waals surface area contributed by atoms with Crippen LogP contribution in [-0.2, 0) is 0 Å². The Labute approximate surface area is 182 Å². The van der Waals surface area contributed by atoms with Gasteiger partial charge in [0.1, 0.15) is 28.6 Å². The van der Waals surface area contributed by atoms with Gasteiger partial charge >= 0.3 is 0 Å². The minimum absolute atomic E-state index is 0.0614. The number of hydrogen-bond donors (Lipinski definition) is 2. The molecule has 4 aromatic carbocycles. The fourth-order valence-corrected chi connectivity index (χ4v) is 4.94. The number of phenolic OH excluding ortho intramolecular Hbond substituents is 2. The lowest BCUT2D eigenvalue weighted by molar-refractivity contribution is 0.415. The Morgan fingerprint density at radius 1 is 0.688 bits per heavy atom. The lowest BCUT2D eigenvalue weighted by atomic mass is 9.99. The Hall–Kier alpha value is -4.12. The van der Waals surface area contributed by atoms with Crippen molar-refractivity contribution in [1.82, 2.24) is 0 Å². The summed E-state index contributed by atoms with van der Waals surface area (Å²) in [6.07, 6.45) is 0. The molecule has 0 atom stereocenters. The van der Waals surface area contributed by atoms with Gasteiger partial charge in [-0.2, -0.15) is 0 Å². The Bertz CT molecular complexity index is 1910. The third kappa shape index (κ3) is 2.28. The van der Waals surface area contributed by atoms with E-state index in [-0.39, 0.29) is 11.5 Å². The first-order chi connectivity index (χ1) is 15.5. The van der Waals surface area contributed by atoms with Crippen LogP contribution in [0.4, 0.5) is 11.4 Å². The summed E-state index contributed by atoms with van der Waals surface area (Å²) in [5.74, 6) is 0.872. The first kappa shape index (κ1) is 18.6. The number of ether oxygens (including phenoxy) is 1. The predicted molar refractivity (Wildman–Crippen MR) is 120 cm³/mol. The van der Waals surface area contributed by atoms with Gasteiger partial charge in [0.05, 0.1) is 23.0 Å². The van der Waals surface area contributed by atoms with Crippen LogP contribution < -0.4 is 15.5 Å². The molecule has 0 aliphatic carbocycles. The Morgan fingerprint density at radius 2 is 1.28 bits per heavy atom. The average Bonchev–Trinajstić information content (AvgIpc) is 3.38. The summed E-state index contributed by atoms with van der Waals surface area (Å²) in [6.45, 7) is 3.81. The first-order valence-corrected chi connectivity index (χ1v) is 10.4. The van der Waals surface area contributed by atoms with Crippen molar-refractivity contribution in [2.45, 2.75) is 13.8 Å². The normalized spacial score (nSPS) is 13.5. The molecule has 0 amide bonds. The van der Waals surface area contributed by atoms with Gasteiger partial charge in [0.25, 0.3) is 0 Å². The molecule has 0 bridgehead atoms. The number of para-hydroxylation sites is 2. The monoisotopic (exact) mass is 420 g/mol. The van der Waals surface area contributed by atoms with Crippen molar-refractivity contribution >= 4 is 11.4 Å². The maximum Gasteiger partial charge on any atom is 0.150 e. The molecule has 0 saturated heterocycles. The molecule has 4 aromatic rings. The van der Waals surface area contributed by atoms with E-state index in [2.05, 4.69) is 4.99 Å². The van der Waals surface area contributed by atoms with Crippen LogP contribution in [0, 0.1) is 45.2 Å². The number of aromatic hydroxyl groups is 2. The molecule has 0 aromatic heterocycles. The van der Waals surface area contributed by atoms with Crippen LogP contribution in [0.2, 0.25) is 0 Å². The van der Waals surface area contributed by atoms with E-state index in [0.29, 0.717) is 27.4 Å². The van der Waals surface area contributed by atoms with Gasteiger partial charge in [0, 0.05) is 26.4 Å². The van der Waals surface area contributed by atoms with E-state index in [4.69, 9.17) is 9.73 Å². The highest BCUT2D eigenvalue weighted by Gasteiger charge is 2.20. The van der Waals surface area contributed by atoms with Crippen molar-refractivity contribution in [3.63, 3.8) is 0 Å². The van der Waals surface area contributed by atoms with Crippen molar-refractivity contribution in [2.24, 2.45) is 9.98 Å². The molecule has 0 radical (unpaired) electrons. The van der Waals surface area contributed by atoms with E-state index in [1.165, 1.54) is 0 Å². The van der Waals surface area contributed by atoms with E-state index in [1.807, 2.05) is 68.4 Å². The Balaban J connectivity index is 2.01. The van der Waals surface area contributed by atoms with Gasteiger partial charge in [0.2, 0.25) is 0 Å². The maximum absolute atomic E-state index is 11.5. The second-order valence-electron chi connectivity index (χ2n) is 8.17. The fraction of sp³-hybridized carbons (Fsp3) is 0.111. The zero-order chi connectivity index (χ0) is 22.1. The van der Waals surface area contributed by atoms with Crippen LogP contribution in [0.1, 0.15) is 11.1 Å². The lowest BCUT2D eigenvalue weighted by Crippen LogP contribution is -1.97. The third-order valence-electron chi connectivity index (χ3n) is 6.41. The SMILES string of the molecule is COc1cc(C)c(=c2c(C)c(O)c3c(c2O)N=c2ccccc2=3)c2c1N=c1ccccc1=2. The van der Waals surface area contributed by atoms with Gasteiger partial charge in [-0.25, -0.2) is 9.98 Å². The number of methoxy groups -OCH3 is 1. The van der Waals surface area contributed by atoms with E-state index >= 15 is 0 Å². The van der Waals surface area contributed by atoms with Gasteiger partial charge < -0.3 is 14.9 Å². The first-order valence-electron chi connectivity index (χ1n) is 10.4. The summed E-state index contributed by atoms with van der Waals surface area (Å²) in [4.78, 5) is 9.45. The van der Waals surface area contributed by atoms with Crippen LogP contribution in [0.3, 0.4) is 0 Å². The lowest BCUT2D eigenvalue weighted by Gasteiger charge is -2.11. The summed E-state index contributed by atoms with van der Waals surface area (Å²) in [6, 6.07) is 17.4. The van der Waals surface area contributed by atoms with Crippen molar-refractivity contribution in [1.29, 1.82) is 0 Å². The Morgan fingerprint density at radius 3 is 1.94 bits per heavy atom. The van der Waals surface area contributed by atoms with Crippen molar-refractivity contribution in [3.8, 4) is 17.2 Å². The second-order valence-corrected chi connectivity index (χ2v) is 8.17. The van der Waals surface area contributed by atoms with Crippen LogP contribution in [-0.4, -0.2) is 17.3 Å². The quantitative estimate of drug-likeness (QED) is 0.393. The zero-order valence-corrected chi connectivity index (χ0v) is 17.9. The smallest absolute Gasteiger partial charge is 0.150 e. The molecule has 2 N–H and O–H groups in total. The van der Waals surface area contributed by atoms with Crippen LogP contribution in [0.15, 0.2) is 64.6 Å². The summed E-state index contributed by atoms with van der Waals surface area (Å²) >= 11 is 0. The maximum atomic E-state index is 11.5. The van der Waals surface area contributed by atoms with E-state index in [1.54, 1.807) is 7.11 Å². The minimum Gasteiger partial charge on any atom is -0.507 e. The van der Waals surface area contributed by atoms with Crippen molar-refractivity contribution in [2.75, 3.05) is 7.11 Å². The minimum atomic E-state index is 0.0614. The predicted octanol–water partition coefficient (Wildman–Crippen LogP) is 4.11. The van der Waals surface area contributed by atoms with E-state index in [9.17, 15) is 10.2 Å². The standard InChI is InChI=1S/C27H20N2O3/c1-13-12-19(32-3)24-22(15-8-4-6-10-17(15)28-24)20(13)21-14(2)26(30)23-16-9-5-7-11-18(16)29-25(23)27(21)31/h4-12,30-31H,1-3H3. The molecule has 2 heterocycles. The van der Waals surface area contributed by atoms with E-state index in [0.717, 1.165) is 42.8 Å². The van der Waals surface area contributed by atoms with Gasteiger partial charge in [-0.3, -0.25) is 0 Å². The summed E-state index contributed by atoms with van der Waals surface area (Å²) < 4.78 is 5.64. The summed E-state index contributed by atoms with van der Waals surface area (Å²) in [5.41, 5.74) is 2.65. The molecule has 0 spiro atoms. The van der Waals surface area contributed by atoms with Gasteiger partial charge in [-0.15, -0.1) is 0 Å². The van der Waals surface area contributed by atoms with Crippen LogP contribution >= 0.6 is 0 Å². The molecule has 32 heavy (non-hydrogen) atoms. The number of hydrogen-bond acceptors (Lipinski definition) is 5. The number of fused-ring (bicyclic) bond motifs is 4.